The number of phenols is 1. The van der Waals surface area contributed by atoms with Crippen molar-refractivity contribution in [1.82, 2.24) is 10.2 Å². The minimum Gasteiger partial charge on any atom is -0.506 e. The molecule has 1 atom stereocenters. The Hall–Kier alpha value is -2.75. The van der Waals surface area contributed by atoms with Crippen molar-refractivity contribution in [2.75, 3.05) is 37.3 Å². The Kier molecular flexibility index (Phi) is 14.3. The third-order valence-corrected chi connectivity index (χ3v) is 7.63. The number of carbonyl (C=O) groups is 1. The Labute approximate surface area is 236 Å². The van der Waals surface area contributed by atoms with E-state index in [0.29, 0.717) is 31.7 Å². The van der Waals surface area contributed by atoms with Crippen molar-refractivity contribution in [3.8, 4) is 5.75 Å². The number of nitrogens with one attached hydrogen (secondary N) is 3. The zero-order valence-corrected chi connectivity index (χ0v) is 24.2. The molecule has 14 heteroatoms. The van der Waals surface area contributed by atoms with Gasteiger partial charge in [0.25, 0.3) is 10.0 Å². The van der Waals surface area contributed by atoms with Crippen molar-refractivity contribution in [3.63, 3.8) is 0 Å². The number of ether oxygens (including phenoxy) is 1. The summed E-state index contributed by atoms with van der Waals surface area (Å²) in [4.78, 5) is 16.1. The molecule has 0 bridgehead atoms. The lowest BCUT2D eigenvalue weighted by atomic mass is 10.1. The van der Waals surface area contributed by atoms with Crippen LogP contribution in [0.25, 0.3) is 0 Å². The minimum absolute atomic E-state index is 0.00639. The fourth-order valence-electron chi connectivity index (χ4n) is 3.86. The SMILES string of the molecule is CS(=O)(=O)Nc1cc([C@H](O)CNCCCCCCCOCCCc2cccc(S(=O)(=O)NOC=O)c2)ccc1O. The van der Waals surface area contributed by atoms with E-state index in [9.17, 15) is 31.8 Å². The molecule has 0 aliphatic rings. The molecule has 0 amide bonds. The van der Waals surface area contributed by atoms with Crippen molar-refractivity contribution in [2.45, 2.75) is 55.9 Å². The van der Waals surface area contributed by atoms with Crippen LogP contribution in [0, 0.1) is 0 Å². The smallest absolute Gasteiger partial charge is 0.314 e. The van der Waals surface area contributed by atoms with Crippen molar-refractivity contribution in [2.24, 2.45) is 0 Å². The topological polar surface area (TPSA) is 180 Å². The van der Waals surface area contributed by atoms with Crippen molar-refractivity contribution in [1.29, 1.82) is 0 Å². The van der Waals surface area contributed by atoms with Crippen LogP contribution in [-0.4, -0.2) is 66.1 Å². The van der Waals surface area contributed by atoms with Crippen LogP contribution in [0.2, 0.25) is 0 Å². The lowest BCUT2D eigenvalue weighted by molar-refractivity contribution is -0.131. The number of aliphatic hydroxyl groups is 1. The summed E-state index contributed by atoms with van der Waals surface area (Å²) in [7, 11) is -7.45. The second-order valence-electron chi connectivity index (χ2n) is 9.30. The number of aromatic hydroxyl groups is 1. The van der Waals surface area contributed by atoms with Gasteiger partial charge in [0, 0.05) is 19.8 Å². The predicted molar refractivity (Wildman–Crippen MR) is 151 cm³/mol. The molecule has 2 rings (SSSR count). The molecular weight excluding hydrogens is 562 g/mol. The molecule has 2 aromatic rings. The van der Waals surface area contributed by atoms with Gasteiger partial charge in [-0.1, -0.05) is 37.5 Å². The molecule has 0 saturated carbocycles. The summed E-state index contributed by atoms with van der Waals surface area (Å²) < 4.78 is 54.7. The fraction of sp³-hybridized carbons (Fsp3) is 0.500. The molecule has 0 fully saturated rings. The van der Waals surface area contributed by atoms with Crippen molar-refractivity contribution >= 4 is 32.2 Å². The lowest BCUT2D eigenvalue weighted by Gasteiger charge is -2.14. The van der Waals surface area contributed by atoms with Gasteiger partial charge in [0.1, 0.15) is 5.75 Å². The molecule has 0 unspecified atom stereocenters. The average Bonchev–Trinajstić information content (AvgIpc) is 2.90. The van der Waals surface area contributed by atoms with Crippen LogP contribution < -0.4 is 14.9 Å². The second kappa shape index (κ2) is 17.1. The Morgan fingerprint density at radius 2 is 1.68 bits per heavy atom. The molecule has 0 radical (unpaired) electrons. The third kappa shape index (κ3) is 13.1. The predicted octanol–water partition coefficient (Wildman–Crippen LogP) is 2.35. The van der Waals surface area contributed by atoms with E-state index < -0.39 is 26.2 Å². The van der Waals surface area contributed by atoms with Gasteiger partial charge in [-0.3, -0.25) is 9.52 Å². The second-order valence-corrected chi connectivity index (χ2v) is 12.7. The summed E-state index contributed by atoms with van der Waals surface area (Å²) in [6.45, 7) is 2.29. The number of hydrogen-bond acceptors (Lipinski definition) is 10. The van der Waals surface area contributed by atoms with Gasteiger partial charge in [-0.15, -0.1) is 0 Å². The molecule has 12 nitrogen and oxygen atoms in total. The highest BCUT2D eigenvalue weighted by Gasteiger charge is 2.15. The monoisotopic (exact) mass is 601 g/mol. The number of anilines is 1. The Balaban J connectivity index is 1.50. The average molecular weight is 602 g/mol. The molecular formula is C26H39N3O9S2. The molecule has 0 saturated heterocycles. The molecule has 224 valence electrons. The van der Waals surface area contributed by atoms with Crippen molar-refractivity contribution in [3.05, 3.63) is 53.6 Å². The summed E-state index contributed by atoms with van der Waals surface area (Å²) in [5.74, 6) is -0.210. The van der Waals surface area contributed by atoms with E-state index in [1.807, 2.05) is 6.07 Å². The largest absolute Gasteiger partial charge is 0.506 e. The van der Waals surface area contributed by atoms with Gasteiger partial charge in [0.15, 0.2) is 0 Å². The van der Waals surface area contributed by atoms with Gasteiger partial charge in [-0.05, 0) is 72.5 Å². The number of unbranched alkanes of at least 4 members (excludes halogenated alkanes) is 4. The highest BCUT2D eigenvalue weighted by atomic mass is 32.2. The van der Waals surface area contributed by atoms with E-state index in [0.717, 1.165) is 56.9 Å². The fourth-order valence-corrected chi connectivity index (χ4v) is 5.25. The molecule has 5 N–H and O–H groups in total. The first-order valence-corrected chi connectivity index (χ1v) is 16.4. The van der Waals surface area contributed by atoms with Gasteiger partial charge in [0.2, 0.25) is 10.0 Å². The maximum Gasteiger partial charge on any atom is 0.314 e. The zero-order valence-electron chi connectivity index (χ0n) is 22.5. The van der Waals surface area contributed by atoms with Crippen LogP contribution >= 0.6 is 0 Å². The molecule has 2 aromatic carbocycles. The number of sulfonamides is 2. The Morgan fingerprint density at radius 3 is 2.42 bits per heavy atom. The molecule has 0 heterocycles. The highest BCUT2D eigenvalue weighted by molar-refractivity contribution is 7.92. The van der Waals surface area contributed by atoms with Crippen LogP contribution in [0.5, 0.6) is 5.75 Å². The summed E-state index contributed by atoms with van der Waals surface area (Å²) in [6, 6.07) is 10.7. The number of phenolic OH excluding ortho intramolecular Hbond substituents is 1. The molecule has 0 aromatic heterocycles. The number of aliphatic hydroxyl groups excluding tert-OH is 1. The summed E-state index contributed by atoms with van der Waals surface area (Å²) in [5, 5.41) is 23.3. The third-order valence-electron chi connectivity index (χ3n) is 5.85. The van der Waals surface area contributed by atoms with Crippen LogP contribution in [0.4, 0.5) is 5.69 Å². The molecule has 0 aliphatic carbocycles. The van der Waals surface area contributed by atoms with E-state index in [-0.39, 0.29) is 22.8 Å². The summed E-state index contributed by atoms with van der Waals surface area (Å²) in [5.41, 5.74) is 1.37. The maximum absolute atomic E-state index is 12.0. The van der Waals surface area contributed by atoms with Gasteiger partial charge >= 0.3 is 6.47 Å². The normalized spacial score (nSPS) is 12.7. The van der Waals surface area contributed by atoms with E-state index in [2.05, 4.69) is 14.9 Å². The number of rotatable bonds is 21. The number of carbonyl (C=O) groups excluding carboxylic acids is 1. The van der Waals surface area contributed by atoms with E-state index in [1.165, 1.54) is 24.3 Å². The molecule has 0 aliphatic heterocycles. The van der Waals surface area contributed by atoms with E-state index in [4.69, 9.17) is 4.74 Å². The first-order chi connectivity index (χ1) is 19.0. The van der Waals surface area contributed by atoms with Crippen LogP contribution in [0.3, 0.4) is 0 Å². The highest BCUT2D eigenvalue weighted by Crippen LogP contribution is 2.27. The lowest BCUT2D eigenvalue weighted by Crippen LogP contribution is -2.23. The first kappa shape index (κ1) is 33.5. The standard InChI is InChI=1S/C26H39N3O9S2/c1-39(33,34)28-24-18-22(12-13-25(24)31)26(32)19-27-14-5-3-2-4-6-15-37-16-8-10-21-9-7-11-23(17-21)40(35,36)29-38-20-30/h7,9,11-13,17-18,20,26-29,31-32H,2-6,8,10,14-16,19H2,1H3/t26-/m1/s1. The number of benzene rings is 2. The quantitative estimate of drug-likeness (QED) is 0.0617. The number of aryl methyl sites for hydroxylation is 1. The number of hydrogen-bond donors (Lipinski definition) is 5. The molecule has 0 spiro atoms. The van der Waals surface area contributed by atoms with Crippen LogP contribution in [0.1, 0.15) is 55.8 Å². The minimum atomic E-state index is -3.90. The first-order valence-electron chi connectivity index (χ1n) is 13.0. The maximum atomic E-state index is 12.0. The van der Waals surface area contributed by atoms with Crippen LogP contribution in [-0.2, 0) is 40.8 Å². The Morgan fingerprint density at radius 1 is 0.950 bits per heavy atom. The van der Waals surface area contributed by atoms with Gasteiger partial charge in [-0.25, -0.2) is 16.8 Å². The van der Waals surface area contributed by atoms with Crippen molar-refractivity contribution < 1.29 is 41.4 Å². The summed E-state index contributed by atoms with van der Waals surface area (Å²) >= 11 is 0. The summed E-state index contributed by atoms with van der Waals surface area (Å²) in [6.07, 6.45) is 6.61. The van der Waals surface area contributed by atoms with Gasteiger partial charge in [-0.2, -0.15) is 0 Å². The van der Waals surface area contributed by atoms with Gasteiger partial charge < -0.3 is 25.1 Å². The Bertz CT molecular complexity index is 1270. The van der Waals surface area contributed by atoms with Crippen LogP contribution in [0.15, 0.2) is 47.4 Å². The molecule has 40 heavy (non-hydrogen) atoms. The van der Waals surface area contributed by atoms with Gasteiger partial charge in [0.05, 0.1) is 22.9 Å². The van der Waals surface area contributed by atoms with E-state index in [1.54, 1.807) is 17.0 Å². The zero-order chi connectivity index (χ0) is 29.4. The van der Waals surface area contributed by atoms with E-state index >= 15 is 0 Å².